The number of likely N-dealkylation sites (tertiary alicyclic amines) is 1. The molecule has 0 bridgehead atoms. The Balaban J connectivity index is 1.38. The third-order valence-corrected chi connectivity index (χ3v) is 6.19. The summed E-state index contributed by atoms with van der Waals surface area (Å²) in [6.45, 7) is 5.66. The molecular weight excluding hydrogens is 394 g/mol. The van der Waals surface area contributed by atoms with Crippen molar-refractivity contribution >= 4 is 11.9 Å². The van der Waals surface area contributed by atoms with E-state index >= 15 is 0 Å². The molecule has 1 saturated heterocycles. The number of carbonyl (C=O) groups is 2. The molecule has 1 aliphatic carbocycles. The van der Waals surface area contributed by atoms with Gasteiger partial charge in [-0.05, 0) is 51.2 Å². The van der Waals surface area contributed by atoms with E-state index in [9.17, 15) is 9.59 Å². The van der Waals surface area contributed by atoms with Gasteiger partial charge in [0.25, 0.3) is 0 Å². The summed E-state index contributed by atoms with van der Waals surface area (Å²) in [4.78, 5) is 27.2. The van der Waals surface area contributed by atoms with E-state index in [1.807, 2.05) is 36.1 Å². The van der Waals surface area contributed by atoms with Gasteiger partial charge in [0.1, 0.15) is 18.4 Å². The van der Waals surface area contributed by atoms with Gasteiger partial charge in [-0.3, -0.25) is 9.48 Å². The Labute approximate surface area is 183 Å². The van der Waals surface area contributed by atoms with Crippen molar-refractivity contribution in [2.45, 2.75) is 65.0 Å². The average molecular weight is 426 g/mol. The second-order valence-electron chi connectivity index (χ2n) is 8.32. The molecule has 1 aliphatic heterocycles. The molecule has 31 heavy (non-hydrogen) atoms. The van der Waals surface area contributed by atoms with Gasteiger partial charge in [-0.1, -0.05) is 18.2 Å². The monoisotopic (exact) mass is 425 g/mol. The number of piperidine rings is 1. The van der Waals surface area contributed by atoms with Crippen molar-refractivity contribution in [3.63, 3.8) is 0 Å². The number of rotatable bonds is 6. The molecule has 2 heterocycles. The highest BCUT2D eigenvalue weighted by Crippen LogP contribution is 2.26. The van der Waals surface area contributed by atoms with E-state index in [1.165, 1.54) is 0 Å². The Bertz CT molecular complexity index is 944. The molecule has 1 amide bonds. The summed E-state index contributed by atoms with van der Waals surface area (Å²) in [6, 6.07) is 8.03. The lowest BCUT2D eigenvalue weighted by Crippen LogP contribution is -2.43. The maximum atomic E-state index is 13.0. The minimum absolute atomic E-state index is 0.0422. The molecule has 4 rings (SSSR count). The molecule has 7 nitrogen and oxygen atoms in total. The number of fused-ring (bicyclic) bond motifs is 1. The van der Waals surface area contributed by atoms with E-state index in [0.29, 0.717) is 25.4 Å². The molecule has 1 aromatic carbocycles. The minimum atomic E-state index is -0.388. The van der Waals surface area contributed by atoms with E-state index in [2.05, 4.69) is 5.10 Å². The SMILES string of the molecule is CCOC(=O)c1nn(CC(=O)N2CCC(Oc3ccccc3C)CC2)c2c1CCCC2. The molecule has 1 fully saturated rings. The Kier molecular flexibility index (Phi) is 6.59. The predicted molar refractivity (Wildman–Crippen MR) is 116 cm³/mol. The van der Waals surface area contributed by atoms with Crippen LogP contribution in [0, 0.1) is 6.92 Å². The summed E-state index contributed by atoms with van der Waals surface area (Å²) in [7, 11) is 0. The number of hydrogen-bond acceptors (Lipinski definition) is 5. The average Bonchev–Trinajstić information content (AvgIpc) is 3.15. The summed E-state index contributed by atoms with van der Waals surface area (Å²) in [5.41, 5.74) is 3.49. The molecule has 0 unspecified atom stereocenters. The van der Waals surface area contributed by atoms with Crippen molar-refractivity contribution in [3.8, 4) is 5.75 Å². The smallest absolute Gasteiger partial charge is 0.359 e. The van der Waals surface area contributed by atoms with Crippen LogP contribution in [0.3, 0.4) is 0 Å². The van der Waals surface area contributed by atoms with Crippen LogP contribution in [-0.2, 0) is 28.9 Å². The number of amides is 1. The van der Waals surface area contributed by atoms with Crippen LogP contribution in [0.5, 0.6) is 5.75 Å². The summed E-state index contributed by atoms with van der Waals surface area (Å²) in [5, 5.41) is 4.50. The topological polar surface area (TPSA) is 73.7 Å². The quantitative estimate of drug-likeness (QED) is 0.664. The first-order valence-corrected chi connectivity index (χ1v) is 11.3. The van der Waals surface area contributed by atoms with E-state index in [4.69, 9.17) is 9.47 Å². The van der Waals surface area contributed by atoms with E-state index in [-0.39, 0.29) is 24.5 Å². The number of aromatic nitrogens is 2. The highest BCUT2D eigenvalue weighted by atomic mass is 16.5. The van der Waals surface area contributed by atoms with Gasteiger partial charge in [0.15, 0.2) is 5.69 Å². The van der Waals surface area contributed by atoms with Gasteiger partial charge in [-0.25, -0.2) is 4.79 Å². The number of carbonyl (C=O) groups excluding carboxylic acids is 2. The van der Waals surface area contributed by atoms with Crippen molar-refractivity contribution in [1.29, 1.82) is 0 Å². The maximum Gasteiger partial charge on any atom is 0.359 e. The summed E-state index contributed by atoms with van der Waals surface area (Å²) in [5.74, 6) is 0.573. The molecule has 0 spiro atoms. The van der Waals surface area contributed by atoms with Gasteiger partial charge in [0, 0.05) is 37.2 Å². The fraction of sp³-hybridized carbons (Fsp3) is 0.542. The number of esters is 1. The Hall–Kier alpha value is -2.83. The molecule has 1 aromatic heterocycles. The van der Waals surface area contributed by atoms with E-state index < -0.39 is 0 Å². The van der Waals surface area contributed by atoms with Gasteiger partial charge in [0.05, 0.1) is 6.61 Å². The van der Waals surface area contributed by atoms with E-state index in [1.54, 1.807) is 11.6 Å². The first-order valence-electron chi connectivity index (χ1n) is 11.3. The van der Waals surface area contributed by atoms with Crippen LogP contribution in [0.4, 0.5) is 0 Å². The lowest BCUT2D eigenvalue weighted by atomic mass is 9.95. The molecule has 166 valence electrons. The summed E-state index contributed by atoms with van der Waals surface area (Å²) >= 11 is 0. The first kappa shape index (κ1) is 21.4. The number of para-hydroxylation sites is 1. The van der Waals surface area contributed by atoms with Crippen molar-refractivity contribution in [1.82, 2.24) is 14.7 Å². The van der Waals surface area contributed by atoms with Crippen molar-refractivity contribution in [2.75, 3.05) is 19.7 Å². The molecule has 7 heteroatoms. The maximum absolute atomic E-state index is 13.0. The number of aryl methyl sites for hydroxylation is 1. The van der Waals surface area contributed by atoms with Crippen LogP contribution in [0.1, 0.15) is 59.9 Å². The number of benzene rings is 1. The second kappa shape index (κ2) is 9.54. The lowest BCUT2D eigenvalue weighted by molar-refractivity contribution is -0.133. The van der Waals surface area contributed by atoms with Crippen LogP contribution >= 0.6 is 0 Å². The molecule has 0 saturated carbocycles. The lowest BCUT2D eigenvalue weighted by Gasteiger charge is -2.32. The van der Waals surface area contributed by atoms with Crippen LogP contribution in [0.15, 0.2) is 24.3 Å². The zero-order valence-electron chi connectivity index (χ0n) is 18.4. The van der Waals surface area contributed by atoms with Crippen LogP contribution < -0.4 is 4.74 Å². The van der Waals surface area contributed by atoms with Crippen LogP contribution in [0.25, 0.3) is 0 Å². The summed E-state index contributed by atoms with van der Waals surface area (Å²) < 4.78 is 13.1. The Morgan fingerprint density at radius 2 is 1.87 bits per heavy atom. The fourth-order valence-electron chi connectivity index (χ4n) is 4.48. The van der Waals surface area contributed by atoms with Gasteiger partial charge in [0.2, 0.25) is 5.91 Å². The van der Waals surface area contributed by atoms with Crippen LogP contribution in [-0.4, -0.2) is 52.4 Å². The normalized spacial score (nSPS) is 16.6. The minimum Gasteiger partial charge on any atom is -0.490 e. The zero-order valence-corrected chi connectivity index (χ0v) is 18.4. The largest absolute Gasteiger partial charge is 0.490 e. The van der Waals surface area contributed by atoms with Crippen molar-refractivity contribution < 1.29 is 19.1 Å². The molecule has 2 aliphatic rings. The van der Waals surface area contributed by atoms with E-state index in [0.717, 1.165) is 61.1 Å². The second-order valence-corrected chi connectivity index (χ2v) is 8.32. The number of ether oxygens (including phenoxy) is 2. The first-order chi connectivity index (χ1) is 15.1. The highest BCUT2D eigenvalue weighted by Gasteiger charge is 2.29. The molecule has 0 N–H and O–H groups in total. The predicted octanol–water partition coefficient (Wildman–Crippen LogP) is 3.32. The molecule has 0 radical (unpaired) electrons. The van der Waals surface area contributed by atoms with Crippen LogP contribution in [0.2, 0.25) is 0 Å². The Morgan fingerprint density at radius 1 is 1.13 bits per heavy atom. The van der Waals surface area contributed by atoms with Gasteiger partial charge in [-0.15, -0.1) is 0 Å². The van der Waals surface area contributed by atoms with Gasteiger partial charge in [-0.2, -0.15) is 5.10 Å². The third-order valence-electron chi connectivity index (χ3n) is 6.19. The third kappa shape index (κ3) is 4.75. The zero-order chi connectivity index (χ0) is 21.8. The number of hydrogen-bond donors (Lipinski definition) is 0. The van der Waals surface area contributed by atoms with Crippen molar-refractivity contribution in [3.05, 3.63) is 46.8 Å². The fourth-order valence-corrected chi connectivity index (χ4v) is 4.48. The highest BCUT2D eigenvalue weighted by molar-refractivity contribution is 5.89. The molecular formula is C24H31N3O4. The standard InChI is InChI=1S/C24H31N3O4/c1-3-30-24(29)23-19-9-5-6-10-20(19)27(25-23)16-22(28)26-14-12-18(13-15-26)31-21-11-7-4-8-17(21)2/h4,7-8,11,18H,3,5-6,9-10,12-16H2,1-2H3. The van der Waals surface area contributed by atoms with Crippen molar-refractivity contribution in [2.24, 2.45) is 0 Å². The van der Waals surface area contributed by atoms with Gasteiger partial charge < -0.3 is 14.4 Å². The molecule has 2 aromatic rings. The number of nitrogens with zero attached hydrogens (tertiary/aromatic N) is 3. The summed E-state index contributed by atoms with van der Waals surface area (Å²) in [6.07, 6.45) is 5.50. The molecule has 0 atom stereocenters. The Morgan fingerprint density at radius 3 is 2.61 bits per heavy atom. The van der Waals surface area contributed by atoms with Gasteiger partial charge >= 0.3 is 5.97 Å².